The summed E-state index contributed by atoms with van der Waals surface area (Å²) in [6, 6.07) is 23.6. The lowest BCUT2D eigenvalue weighted by molar-refractivity contribution is 0.269. The first kappa shape index (κ1) is 19.2. The van der Waals surface area contributed by atoms with Crippen molar-refractivity contribution in [2.45, 2.75) is 14.4 Å². The first-order valence-electron chi connectivity index (χ1n) is 8.46. The summed E-state index contributed by atoms with van der Waals surface area (Å²) in [6.45, 7) is 3.68. The molecule has 0 heterocycles. The topological polar surface area (TPSA) is 12.5 Å². The summed E-state index contributed by atoms with van der Waals surface area (Å²) in [6.07, 6.45) is 0. The lowest BCUT2D eigenvalue weighted by Crippen LogP contribution is -2.46. The van der Waals surface area contributed by atoms with Gasteiger partial charge in [-0.15, -0.1) is 0 Å². The number of fused-ring (bicyclic) bond motifs is 1. The Morgan fingerprint density at radius 2 is 1.56 bits per heavy atom. The normalized spacial score (nSPS) is 10.7. The third kappa shape index (κ3) is 4.71. The zero-order valence-corrected chi connectivity index (χ0v) is 14.7. The molecule has 0 radical (unpaired) electrons. The highest BCUT2D eigenvalue weighted by Gasteiger charge is 2.23. The first-order chi connectivity index (χ1) is 11.6. The standard InChI is InChI=1S/C21H24BNO.CH4/c1-17-11-13-19(14-12-17)22(24-16-15-23(2)3)21-10-6-8-18-7-4-5-9-20(18)21;/h4-14H,15-16H2,1-3H3;1H4. The van der Waals surface area contributed by atoms with Crippen molar-refractivity contribution in [2.75, 3.05) is 27.2 Å². The van der Waals surface area contributed by atoms with Gasteiger partial charge in [0.25, 0.3) is 0 Å². The Morgan fingerprint density at radius 3 is 2.28 bits per heavy atom. The molecule has 0 unspecified atom stereocenters. The minimum Gasteiger partial charge on any atom is -0.426 e. The van der Waals surface area contributed by atoms with Gasteiger partial charge in [0.1, 0.15) is 0 Å². The SMILES string of the molecule is C.Cc1ccc(B(OCCN(C)C)c2cccc3ccccc23)cc1. The van der Waals surface area contributed by atoms with E-state index in [0.717, 1.165) is 6.54 Å². The molecule has 0 saturated heterocycles. The average Bonchev–Trinajstić information content (AvgIpc) is 2.59. The Hall–Kier alpha value is -2.10. The summed E-state index contributed by atoms with van der Waals surface area (Å²) in [4.78, 5) is 2.15. The molecule has 0 N–H and O–H groups in total. The summed E-state index contributed by atoms with van der Waals surface area (Å²) in [5.74, 6) is 0. The smallest absolute Gasteiger partial charge is 0.362 e. The summed E-state index contributed by atoms with van der Waals surface area (Å²) in [5.41, 5.74) is 3.70. The van der Waals surface area contributed by atoms with E-state index in [0.29, 0.717) is 6.61 Å². The average molecular weight is 333 g/mol. The molecule has 2 nitrogen and oxygen atoms in total. The highest BCUT2D eigenvalue weighted by Crippen LogP contribution is 2.12. The van der Waals surface area contributed by atoms with Gasteiger partial charge in [-0.25, -0.2) is 0 Å². The molecule has 0 aliphatic heterocycles. The van der Waals surface area contributed by atoms with Gasteiger partial charge < -0.3 is 9.55 Å². The quantitative estimate of drug-likeness (QED) is 0.641. The molecule has 0 atom stereocenters. The van der Waals surface area contributed by atoms with Crippen molar-refractivity contribution in [3.63, 3.8) is 0 Å². The molecule has 0 spiro atoms. The Balaban J connectivity index is 0.00000225. The van der Waals surface area contributed by atoms with Crippen molar-refractivity contribution in [3.8, 4) is 0 Å². The fraction of sp³-hybridized carbons (Fsp3) is 0.273. The molecule has 0 aliphatic rings. The molecule has 0 aliphatic carbocycles. The van der Waals surface area contributed by atoms with Gasteiger partial charge in [-0.1, -0.05) is 79.7 Å². The van der Waals surface area contributed by atoms with Crippen LogP contribution in [0.25, 0.3) is 10.8 Å². The lowest BCUT2D eigenvalue weighted by atomic mass is 9.54. The van der Waals surface area contributed by atoms with E-state index < -0.39 is 0 Å². The van der Waals surface area contributed by atoms with Crippen molar-refractivity contribution in [3.05, 3.63) is 72.3 Å². The third-order valence-electron chi connectivity index (χ3n) is 4.31. The molecule has 25 heavy (non-hydrogen) atoms. The predicted molar refractivity (Wildman–Crippen MR) is 111 cm³/mol. The maximum atomic E-state index is 6.33. The van der Waals surface area contributed by atoms with Crippen molar-refractivity contribution in [2.24, 2.45) is 0 Å². The van der Waals surface area contributed by atoms with Crippen molar-refractivity contribution >= 4 is 28.6 Å². The van der Waals surface area contributed by atoms with E-state index in [1.165, 1.54) is 27.3 Å². The monoisotopic (exact) mass is 333 g/mol. The highest BCUT2D eigenvalue weighted by atomic mass is 16.4. The van der Waals surface area contributed by atoms with Gasteiger partial charge in [-0.05, 0) is 42.7 Å². The number of aryl methyl sites for hydroxylation is 1. The highest BCUT2D eigenvalue weighted by molar-refractivity contribution is 6.81. The predicted octanol–water partition coefficient (Wildman–Crippen LogP) is 3.47. The van der Waals surface area contributed by atoms with Gasteiger partial charge in [0.2, 0.25) is 0 Å². The molecular formula is C22H28BNO. The van der Waals surface area contributed by atoms with Crippen molar-refractivity contribution < 1.29 is 4.65 Å². The fourth-order valence-electron chi connectivity index (χ4n) is 2.94. The zero-order valence-electron chi connectivity index (χ0n) is 14.7. The van der Waals surface area contributed by atoms with E-state index in [1.807, 2.05) is 0 Å². The number of hydrogen-bond acceptors (Lipinski definition) is 2. The number of nitrogens with zero attached hydrogens (tertiary/aromatic N) is 1. The molecule has 0 fully saturated rings. The van der Waals surface area contributed by atoms with Crippen LogP contribution in [0.4, 0.5) is 0 Å². The molecule has 0 bridgehead atoms. The molecular weight excluding hydrogens is 305 g/mol. The number of likely N-dealkylation sites (N-methyl/N-ethyl adjacent to an activating group) is 1. The van der Waals surface area contributed by atoms with E-state index in [9.17, 15) is 0 Å². The van der Waals surface area contributed by atoms with Crippen molar-refractivity contribution in [1.82, 2.24) is 4.90 Å². The Kier molecular flexibility index (Phi) is 6.80. The molecule has 3 aromatic rings. The summed E-state index contributed by atoms with van der Waals surface area (Å²) >= 11 is 0. The van der Waals surface area contributed by atoms with Gasteiger partial charge in [0.15, 0.2) is 0 Å². The first-order valence-corrected chi connectivity index (χ1v) is 8.46. The fourth-order valence-corrected chi connectivity index (χ4v) is 2.94. The minimum atomic E-state index is -0.0448. The second-order valence-electron chi connectivity index (χ2n) is 6.53. The van der Waals surface area contributed by atoms with Gasteiger partial charge >= 0.3 is 6.92 Å². The molecule has 0 amide bonds. The molecule has 0 saturated carbocycles. The summed E-state index contributed by atoms with van der Waals surface area (Å²) < 4.78 is 6.33. The van der Waals surface area contributed by atoms with Crippen LogP contribution in [0.1, 0.15) is 13.0 Å². The van der Waals surface area contributed by atoms with Crippen LogP contribution in [0.5, 0.6) is 0 Å². The summed E-state index contributed by atoms with van der Waals surface area (Å²) in [5, 5.41) is 2.51. The van der Waals surface area contributed by atoms with Gasteiger partial charge in [0, 0.05) is 13.2 Å². The van der Waals surface area contributed by atoms with Crippen LogP contribution < -0.4 is 10.9 Å². The number of benzene rings is 3. The van der Waals surface area contributed by atoms with E-state index in [-0.39, 0.29) is 14.3 Å². The lowest BCUT2D eigenvalue weighted by Gasteiger charge is -2.19. The second kappa shape index (κ2) is 8.84. The van der Waals surface area contributed by atoms with Crippen LogP contribution >= 0.6 is 0 Å². The van der Waals surface area contributed by atoms with Crippen LogP contribution in [0.15, 0.2) is 66.7 Å². The molecule has 3 heteroatoms. The van der Waals surface area contributed by atoms with Gasteiger partial charge in [0.05, 0.1) is 0 Å². The largest absolute Gasteiger partial charge is 0.426 e. The molecule has 3 aromatic carbocycles. The Bertz CT molecular complexity index is 793. The molecule has 130 valence electrons. The minimum absolute atomic E-state index is 0. The van der Waals surface area contributed by atoms with Crippen LogP contribution in [0.2, 0.25) is 0 Å². The van der Waals surface area contributed by atoms with E-state index in [1.54, 1.807) is 0 Å². The van der Waals surface area contributed by atoms with Gasteiger partial charge in [-0.3, -0.25) is 0 Å². The Labute approximate surface area is 152 Å². The van der Waals surface area contributed by atoms with Crippen LogP contribution in [-0.4, -0.2) is 39.1 Å². The molecule has 0 aromatic heterocycles. The third-order valence-corrected chi connectivity index (χ3v) is 4.31. The van der Waals surface area contributed by atoms with E-state index >= 15 is 0 Å². The second-order valence-corrected chi connectivity index (χ2v) is 6.53. The maximum absolute atomic E-state index is 6.33. The number of rotatable bonds is 6. The Morgan fingerprint density at radius 1 is 0.880 bits per heavy atom. The van der Waals surface area contributed by atoms with Crippen LogP contribution in [0.3, 0.4) is 0 Å². The zero-order chi connectivity index (χ0) is 16.9. The van der Waals surface area contributed by atoms with Crippen LogP contribution in [-0.2, 0) is 4.65 Å². The van der Waals surface area contributed by atoms with E-state index in [2.05, 4.69) is 92.6 Å². The van der Waals surface area contributed by atoms with Crippen LogP contribution in [0, 0.1) is 6.92 Å². The van der Waals surface area contributed by atoms with E-state index in [4.69, 9.17) is 4.65 Å². The summed E-state index contributed by atoms with van der Waals surface area (Å²) in [7, 11) is 4.14. The van der Waals surface area contributed by atoms with Gasteiger partial charge in [-0.2, -0.15) is 0 Å². The molecule has 3 rings (SSSR count). The van der Waals surface area contributed by atoms with Crippen molar-refractivity contribution in [1.29, 1.82) is 0 Å². The maximum Gasteiger partial charge on any atom is 0.362 e. The number of hydrogen-bond donors (Lipinski definition) is 0.